The molecule has 0 radical (unpaired) electrons. The van der Waals surface area contributed by atoms with Gasteiger partial charge in [-0.1, -0.05) is 42.5 Å². The maximum absolute atomic E-state index is 13.1. The minimum Gasteiger partial charge on any atom is -0.302 e. The lowest BCUT2D eigenvalue weighted by Gasteiger charge is -2.25. The average molecular weight is 446 g/mol. The molecule has 1 amide bonds. The van der Waals surface area contributed by atoms with Crippen LogP contribution in [-0.2, 0) is 10.3 Å². The van der Waals surface area contributed by atoms with E-state index < -0.39 is 16.8 Å². The molecule has 0 unspecified atom stereocenters. The molecule has 0 aliphatic carbocycles. The summed E-state index contributed by atoms with van der Waals surface area (Å²) in [6, 6.07) is 14.1. The summed E-state index contributed by atoms with van der Waals surface area (Å²) in [4.78, 5) is 50.1. The number of rotatable bonds is 4. The molecule has 10 heteroatoms. The molecule has 32 heavy (non-hydrogen) atoms. The van der Waals surface area contributed by atoms with E-state index in [1.807, 2.05) is 47.8 Å². The minimum absolute atomic E-state index is 0.0537. The van der Waals surface area contributed by atoms with Crippen LogP contribution in [0.4, 0.5) is 5.13 Å². The molecule has 2 aromatic carbocycles. The highest BCUT2D eigenvalue weighted by Gasteiger charge is 2.32. The number of H-pyrrole nitrogens is 2. The highest BCUT2D eigenvalue weighted by molar-refractivity contribution is 7.14. The fourth-order valence-corrected chi connectivity index (χ4v) is 4.33. The van der Waals surface area contributed by atoms with Crippen molar-refractivity contribution in [2.24, 2.45) is 0 Å². The molecule has 3 N–H and O–H groups in total. The van der Waals surface area contributed by atoms with Crippen LogP contribution in [0.2, 0.25) is 0 Å². The molecular formula is C22H18N6O3S. The number of nitrogens with zero attached hydrogens (tertiary/aromatic N) is 3. The Bertz CT molecular complexity index is 1600. The van der Waals surface area contributed by atoms with Gasteiger partial charge in [-0.05, 0) is 24.6 Å². The molecule has 0 saturated carbocycles. The summed E-state index contributed by atoms with van der Waals surface area (Å²) in [6.07, 6.45) is 1.36. The van der Waals surface area contributed by atoms with Gasteiger partial charge in [0.05, 0.1) is 12.0 Å². The Balaban J connectivity index is 1.46. The van der Waals surface area contributed by atoms with Gasteiger partial charge >= 0.3 is 5.69 Å². The van der Waals surface area contributed by atoms with Crippen molar-refractivity contribution in [1.29, 1.82) is 0 Å². The van der Waals surface area contributed by atoms with E-state index >= 15 is 0 Å². The molecule has 160 valence electrons. The van der Waals surface area contributed by atoms with Crippen LogP contribution in [0.15, 0.2) is 63.8 Å². The number of amides is 1. The third-order valence-electron chi connectivity index (χ3n) is 5.39. The number of nitrogens with one attached hydrogen (secondary N) is 3. The van der Waals surface area contributed by atoms with E-state index in [-0.39, 0.29) is 17.1 Å². The molecule has 5 rings (SSSR count). The van der Waals surface area contributed by atoms with Crippen molar-refractivity contribution in [3.05, 3.63) is 75.0 Å². The van der Waals surface area contributed by atoms with E-state index in [2.05, 4.69) is 25.3 Å². The summed E-state index contributed by atoms with van der Waals surface area (Å²) < 4.78 is 1.47. The molecule has 0 fully saturated rings. The minimum atomic E-state index is -1.16. The molecule has 3 aromatic heterocycles. The molecule has 5 aromatic rings. The number of anilines is 1. The average Bonchev–Trinajstić information content (AvgIpc) is 3.41. The van der Waals surface area contributed by atoms with E-state index in [1.165, 1.54) is 22.2 Å². The Labute approximate surface area is 184 Å². The van der Waals surface area contributed by atoms with Crippen molar-refractivity contribution in [2.75, 3.05) is 5.32 Å². The number of fused-ring (bicyclic) bond motifs is 2. The number of hydrogen-bond acceptors (Lipinski definition) is 6. The number of carbonyl (C=O) groups excluding carboxylic acids is 1. The van der Waals surface area contributed by atoms with Gasteiger partial charge in [-0.15, -0.1) is 11.3 Å². The second-order valence-corrected chi connectivity index (χ2v) is 8.66. The molecule has 0 spiro atoms. The Morgan fingerprint density at radius 1 is 1.09 bits per heavy atom. The lowest BCUT2D eigenvalue weighted by Crippen LogP contribution is -2.40. The molecule has 0 bridgehead atoms. The zero-order chi connectivity index (χ0) is 22.5. The first-order chi connectivity index (χ1) is 15.3. The topological polar surface area (TPSA) is 126 Å². The quantitative estimate of drug-likeness (QED) is 0.391. The van der Waals surface area contributed by atoms with Crippen LogP contribution in [0.3, 0.4) is 0 Å². The summed E-state index contributed by atoms with van der Waals surface area (Å²) >= 11 is 1.32. The van der Waals surface area contributed by atoms with Crippen LogP contribution in [0.25, 0.3) is 33.2 Å². The maximum Gasteiger partial charge on any atom is 0.327 e. The maximum atomic E-state index is 13.1. The van der Waals surface area contributed by atoms with Gasteiger partial charge in [0.15, 0.2) is 10.6 Å². The Hall–Kier alpha value is -4.05. The number of thiazole rings is 1. The molecule has 0 aliphatic rings. The lowest BCUT2D eigenvalue weighted by molar-refractivity contribution is -0.122. The molecule has 3 heterocycles. The number of aromatic amines is 2. The van der Waals surface area contributed by atoms with Crippen molar-refractivity contribution in [1.82, 2.24) is 24.5 Å². The van der Waals surface area contributed by atoms with Gasteiger partial charge in [0.2, 0.25) is 0 Å². The predicted molar refractivity (Wildman–Crippen MR) is 124 cm³/mol. The molecular weight excluding hydrogens is 428 g/mol. The number of aromatic nitrogens is 5. The van der Waals surface area contributed by atoms with Crippen molar-refractivity contribution < 1.29 is 4.79 Å². The van der Waals surface area contributed by atoms with Gasteiger partial charge in [-0.25, -0.2) is 14.8 Å². The number of carbonyl (C=O) groups is 1. The van der Waals surface area contributed by atoms with Crippen LogP contribution >= 0.6 is 11.3 Å². The third-order valence-corrected chi connectivity index (χ3v) is 6.15. The SMILES string of the molecule is CC(C)(C(=O)Nc1nc(-c2cccc3ccccc23)cs1)n1cnc2c(=O)[nH]c(=O)[nH]c21. The van der Waals surface area contributed by atoms with E-state index in [1.54, 1.807) is 13.8 Å². The molecule has 0 saturated heterocycles. The van der Waals surface area contributed by atoms with Crippen molar-refractivity contribution >= 4 is 44.3 Å². The normalized spacial score (nSPS) is 11.8. The first-order valence-electron chi connectivity index (χ1n) is 9.80. The zero-order valence-electron chi connectivity index (χ0n) is 17.2. The highest BCUT2D eigenvalue weighted by Crippen LogP contribution is 2.31. The van der Waals surface area contributed by atoms with Crippen LogP contribution < -0.4 is 16.6 Å². The molecule has 9 nitrogen and oxygen atoms in total. The van der Waals surface area contributed by atoms with Gasteiger partial charge < -0.3 is 4.57 Å². The smallest absolute Gasteiger partial charge is 0.302 e. The van der Waals surface area contributed by atoms with E-state index in [0.717, 1.165) is 22.0 Å². The predicted octanol–water partition coefficient (Wildman–Crippen LogP) is 3.06. The summed E-state index contributed by atoms with van der Waals surface area (Å²) in [6.45, 7) is 3.34. The van der Waals surface area contributed by atoms with Crippen molar-refractivity contribution in [3.63, 3.8) is 0 Å². The first-order valence-corrected chi connectivity index (χ1v) is 10.7. The van der Waals surface area contributed by atoms with Crippen LogP contribution in [0.5, 0.6) is 0 Å². The zero-order valence-corrected chi connectivity index (χ0v) is 18.0. The summed E-state index contributed by atoms with van der Waals surface area (Å²) in [5.41, 5.74) is -0.456. The first kappa shape index (κ1) is 19.9. The van der Waals surface area contributed by atoms with Gasteiger partial charge in [-0.3, -0.25) is 24.9 Å². The number of hydrogen-bond donors (Lipinski definition) is 3. The third kappa shape index (κ3) is 3.21. The standard InChI is InChI=1S/C22H18N6O3S/c1-22(2,28-11-23-16-17(28)25-20(31)26-18(16)29)19(30)27-21-24-15(10-32-21)14-9-5-7-12-6-3-4-8-13(12)14/h3-11H,1-2H3,(H,24,27,30)(H2,25,26,29,31). The second kappa shape index (κ2) is 7.27. The largest absolute Gasteiger partial charge is 0.327 e. The van der Waals surface area contributed by atoms with Crippen LogP contribution in [0, 0.1) is 0 Å². The second-order valence-electron chi connectivity index (χ2n) is 7.80. The van der Waals surface area contributed by atoms with Crippen molar-refractivity contribution in [2.45, 2.75) is 19.4 Å². The van der Waals surface area contributed by atoms with Crippen LogP contribution in [0.1, 0.15) is 13.8 Å². The van der Waals surface area contributed by atoms with E-state index in [0.29, 0.717) is 5.13 Å². The fourth-order valence-electron chi connectivity index (χ4n) is 3.62. The summed E-state index contributed by atoms with van der Waals surface area (Å²) in [5.74, 6) is -0.364. The van der Waals surface area contributed by atoms with E-state index in [4.69, 9.17) is 0 Å². The number of benzene rings is 2. The Morgan fingerprint density at radius 3 is 2.72 bits per heavy atom. The van der Waals surface area contributed by atoms with Gasteiger partial charge in [0.1, 0.15) is 11.2 Å². The Morgan fingerprint density at radius 2 is 1.88 bits per heavy atom. The van der Waals surface area contributed by atoms with Gasteiger partial charge in [-0.2, -0.15) is 0 Å². The Kier molecular flexibility index (Phi) is 4.52. The van der Waals surface area contributed by atoms with Crippen LogP contribution in [-0.4, -0.2) is 30.4 Å². The monoisotopic (exact) mass is 446 g/mol. The van der Waals surface area contributed by atoms with Gasteiger partial charge in [0, 0.05) is 10.9 Å². The summed E-state index contributed by atoms with van der Waals surface area (Å²) in [7, 11) is 0. The lowest BCUT2D eigenvalue weighted by atomic mass is 10.0. The molecule has 0 aliphatic heterocycles. The highest BCUT2D eigenvalue weighted by atomic mass is 32.1. The number of imidazole rings is 1. The van der Waals surface area contributed by atoms with Gasteiger partial charge in [0.25, 0.3) is 11.5 Å². The van der Waals surface area contributed by atoms with E-state index in [9.17, 15) is 14.4 Å². The summed E-state index contributed by atoms with van der Waals surface area (Å²) in [5, 5.41) is 7.38. The van der Waals surface area contributed by atoms with Crippen molar-refractivity contribution in [3.8, 4) is 11.3 Å². The fraction of sp³-hybridized carbons (Fsp3) is 0.136. The molecule has 0 atom stereocenters.